The van der Waals surface area contributed by atoms with Gasteiger partial charge in [0.2, 0.25) is 5.91 Å². The van der Waals surface area contributed by atoms with Gasteiger partial charge >= 0.3 is 0 Å². The van der Waals surface area contributed by atoms with Gasteiger partial charge in [0.05, 0.1) is 11.9 Å². The summed E-state index contributed by atoms with van der Waals surface area (Å²) < 4.78 is 1.87. The zero-order valence-electron chi connectivity index (χ0n) is 12.5. The third kappa shape index (κ3) is 3.27. The molecular weight excluding hydrogens is 316 g/mol. The summed E-state index contributed by atoms with van der Waals surface area (Å²) in [5.74, 6) is -0.416. The molecule has 6 nitrogen and oxygen atoms in total. The van der Waals surface area contributed by atoms with Crippen LogP contribution in [0.5, 0.6) is 0 Å². The van der Waals surface area contributed by atoms with Crippen LogP contribution in [0.3, 0.4) is 0 Å². The van der Waals surface area contributed by atoms with Crippen molar-refractivity contribution in [1.82, 2.24) is 9.58 Å². The lowest BCUT2D eigenvalue weighted by atomic mass is 10.2. The van der Waals surface area contributed by atoms with Gasteiger partial charge in [0.25, 0.3) is 5.91 Å². The summed E-state index contributed by atoms with van der Waals surface area (Å²) in [7, 11) is 1.88. The molecule has 0 radical (unpaired) electrons. The molecule has 2 amide bonds. The summed E-state index contributed by atoms with van der Waals surface area (Å²) >= 11 is 5.84. The Morgan fingerprint density at radius 2 is 1.83 bits per heavy atom. The molecule has 7 heteroatoms. The maximum Gasteiger partial charge on any atom is 0.263 e. The molecule has 2 aromatic rings. The van der Waals surface area contributed by atoms with Gasteiger partial charge in [0.1, 0.15) is 13.1 Å². The standard InChI is InChI=1S/C16H15ClN4O2/c1-19-8-2-3-14(19)9-18-21-11-15(22)20(10-16(21)23)13-6-4-12(17)5-7-13/h2-9H,10-11H2,1H3/b18-9+. The molecule has 1 aromatic heterocycles. The van der Waals surface area contributed by atoms with E-state index in [9.17, 15) is 9.59 Å². The van der Waals surface area contributed by atoms with Crippen molar-refractivity contribution in [3.63, 3.8) is 0 Å². The fourth-order valence-electron chi connectivity index (χ4n) is 2.31. The first kappa shape index (κ1) is 15.3. The van der Waals surface area contributed by atoms with Crippen LogP contribution in [0.15, 0.2) is 47.7 Å². The lowest BCUT2D eigenvalue weighted by Gasteiger charge is -2.31. The minimum Gasteiger partial charge on any atom is -0.350 e. The second-order valence-electron chi connectivity index (χ2n) is 5.20. The number of halogens is 1. The Labute approximate surface area is 138 Å². The van der Waals surface area contributed by atoms with Crippen LogP contribution in [0.2, 0.25) is 5.02 Å². The number of hydrogen-bond acceptors (Lipinski definition) is 3. The molecule has 1 saturated heterocycles. The van der Waals surface area contributed by atoms with Crippen LogP contribution in [0.1, 0.15) is 5.69 Å². The normalized spacial score (nSPS) is 15.7. The van der Waals surface area contributed by atoms with E-state index in [0.717, 1.165) is 5.69 Å². The zero-order chi connectivity index (χ0) is 16.4. The second kappa shape index (κ2) is 6.26. The second-order valence-corrected chi connectivity index (χ2v) is 5.63. The van der Waals surface area contributed by atoms with Crippen LogP contribution >= 0.6 is 11.6 Å². The minimum absolute atomic E-state index is 0.0368. The van der Waals surface area contributed by atoms with Gasteiger partial charge in [-0.15, -0.1) is 0 Å². The monoisotopic (exact) mass is 330 g/mol. The van der Waals surface area contributed by atoms with E-state index in [1.807, 2.05) is 29.9 Å². The Kier molecular flexibility index (Phi) is 4.16. The average Bonchev–Trinajstić information content (AvgIpc) is 2.94. The van der Waals surface area contributed by atoms with Crippen molar-refractivity contribution in [2.45, 2.75) is 0 Å². The first-order valence-electron chi connectivity index (χ1n) is 7.06. The summed E-state index contributed by atoms with van der Waals surface area (Å²) in [6.45, 7) is -0.118. The van der Waals surface area contributed by atoms with Gasteiger partial charge in [-0.1, -0.05) is 11.6 Å². The number of benzene rings is 1. The number of piperazine rings is 1. The van der Waals surface area contributed by atoms with E-state index in [1.54, 1.807) is 30.5 Å². The van der Waals surface area contributed by atoms with Crippen molar-refractivity contribution in [3.05, 3.63) is 53.3 Å². The number of nitrogens with zero attached hydrogens (tertiary/aromatic N) is 4. The Bertz CT molecular complexity index is 767. The van der Waals surface area contributed by atoms with Gasteiger partial charge in [-0.05, 0) is 36.4 Å². The maximum absolute atomic E-state index is 12.3. The maximum atomic E-state index is 12.3. The van der Waals surface area contributed by atoms with Crippen molar-refractivity contribution in [3.8, 4) is 0 Å². The van der Waals surface area contributed by atoms with E-state index in [1.165, 1.54) is 9.91 Å². The molecule has 0 atom stereocenters. The molecule has 0 unspecified atom stereocenters. The van der Waals surface area contributed by atoms with Crippen LogP contribution in [-0.2, 0) is 16.6 Å². The molecule has 0 spiro atoms. The lowest BCUT2D eigenvalue weighted by Crippen LogP contribution is -2.52. The molecule has 1 aliphatic heterocycles. The number of hydrogen-bond donors (Lipinski definition) is 0. The van der Waals surface area contributed by atoms with Crippen LogP contribution in [-0.4, -0.2) is 40.7 Å². The molecule has 0 bridgehead atoms. The summed E-state index contributed by atoms with van der Waals surface area (Å²) in [5.41, 5.74) is 1.50. The Balaban J connectivity index is 1.73. The summed E-state index contributed by atoms with van der Waals surface area (Å²) in [6, 6.07) is 10.6. The molecule has 118 valence electrons. The molecule has 3 rings (SSSR count). The van der Waals surface area contributed by atoms with Crippen molar-refractivity contribution < 1.29 is 9.59 Å². The molecule has 1 aromatic carbocycles. The summed E-state index contributed by atoms with van der Waals surface area (Å²) in [6.07, 6.45) is 3.45. The molecule has 0 aliphatic carbocycles. The van der Waals surface area contributed by atoms with Crippen molar-refractivity contribution in [2.75, 3.05) is 18.0 Å². The van der Waals surface area contributed by atoms with Gasteiger partial charge in [-0.3, -0.25) is 9.59 Å². The highest BCUT2D eigenvalue weighted by atomic mass is 35.5. The predicted octanol–water partition coefficient (Wildman–Crippen LogP) is 1.89. The average molecular weight is 331 g/mol. The molecular formula is C16H15ClN4O2. The quantitative estimate of drug-likeness (QED) is 0.807. The van der Waals surface area contributed by atoms with Gasteiger partial charge < -0.3 is 9.47 Å². The highest BCUT2D eigenvalue weighted by Gasteiger charge is 2.30. The highest BCUT2D eigenvalue weighted by molar-refractivity contribution is 6.30. The fourth-order valence-corrected chi connectivity index (χ4v) is 2.43. The topological polar surface area (TPSA) is 57.9 Å². The first-order chi connectivity index (χ1) is 11.0. The van der Waals surface area contributed by atoms with Crippen molar-refractivity contribution >= 4 is 35.3 Å². The molecule has 2 heterocycles. The third-order valence-electron chi connectivity index (χ3n) is 3.62. The Morgan fingerprint density at radius 1 is 1.09 bits per heavy atom. The number of carbonyl (C=O) groups is 2. The van der Waals surface area contributed by atoms with Crippen molar-refractivity contribution in [1.29, 1.82) is 0 Å². The minimum atomic E-state index is -0.231. The predicted molar refractivity (Wildman–Crippen MR) is 88.5 cm³/mol. The molecule has 0 N–H and O–H groups in total. The molecule has 1 aliphatic rings. The molecule has 23 heavy (non-hydrogen) atoms. The van der Waals surface area contributed by atoms with Crippen molar-refractivity contribution in [2.24, 2.45) is 12.1 Å². The van der Waals surface area contributed by atoms with Gasteiger partial charge in [0, 0.05) is 24.0 Å². The number of hydrazone groups is 1. The van der Waals surface area contributed by atoms with E-state index in [4.69, 9.17) is 11.6 Å². The molecule has 0 saturated carbocycles. The number of carbonyl (C=O) groups excluding carboxylic acids is 2. The third-order valence-corrected chi connectivity index (χ3v) is 3.87. The first-order valence-corrected chi connectivity index (χ1v) is 7.44. The Hall–Kier alpha value is -2.60. The number of rotatable bonds is 3. The summed E-state index contributed by atoms with van der Waals surface area (Å²) in [4.78, 5) is 25.9. The summed E-state index contributed by atoms with van der Waals surface area (Å²) in [5, 5.41) is 5.91. The smallest absolute Gasteiger partial charge is 0.263 e. The molecule has 1 fully saturated rings. The van der Waals surface area contributed by atoms with Gasteiger partial charge in [0.15, 0.2) is 0 Å². The van der Waals surface area contributed by atoms with Crippen LogP contribution in [0.4, 0.5) is 5.69 Å². The van der Waals surface area contributed by atoms with E-state index < -0.39 is 0 Å². The van der Waals surface area contributed by atoms with Crippen LogP contribution in [0, 0.1) is 0 Å². The highest BCUT2D eigenvalue weighted by Crippen LogP contribution is 2.20. The SMILES string of the molecule is Cn1cccc1/C=N/N1CC(=O)N(c2ccc(Cl)cc2)CC1=O. The number of aromatic nitrogens is 1. The van der Waals surface area contributed by atoms with Gasteiger partial charge in [-0.2, -0.15) is 5.10 Å². The number of amides is 2. The fraction of sp³-hybridized carbons (Fsp3) is 0.188. The van der Waals surface area contributed by atoms with E-state index in [0.29, 0.717) is 10.7 Å². The number of anilines is 1. The van der Waals surface area contributed by atoms with E-state index in [2.05, 4.69) is 5.10 Å². The van der Waals surface area contributed by atoms with E-state index in [-0.39, 0.29) is 24.9 Å². The van der Waals surface area contributed by atoms with E-state index >= 15 is 0 Å². The van der Waals surface area contributed by atoms with Gasteiger partial charge in [-0.25, -0.2) is 5.01 Å². The zero-order valence-corrected chi connectivity index (χ0v) is 13.3. The van der Waals surface area contributed by atoms with Crippen LogP contribution in [0.25, 0.3) is 0 Å². The largest absolute Gasteiger partial charge is 0.350 e. The van der Waals surface area contributed by atoms with Crippen LogP contribution < -0.4 is 4.90 Å². The lowest BCUT2D eigenvalue weighted by molar-refractivity contribution is -0.138. The number of aryl methyl sites for hydroxylation is 1. The Morgan fingerprint density at radius 3 is 2.48 bits per heavy atom.